The lowest BCUT2D eigenvalue weighted by atomic mass is 9.97. The number of nitrogens with one attached hydrogen (secondary N) is 4. The Morgan fingerprint density at radius 2 is 1.11 bits per heavy atom. The summed E-state index contributed by atoms with van der Waals surface area (Å²) in [5.74, 6) is -0.663. The summed E-state index contributed by atoms with van der Waals surface area (Å²) in [6, 6.07) is 0. The molecule has 0 fully saturated rings. The zero-order valence-corrected chi connectivity index (χ0v) is 17.3. The van der Waals surface area contributed by atoms with Crippen LogP contribution in [0.5, 0.6) is 0 Å². The number of likely N-dealkylation sites (N-methyl/N-ethyl adjacent to an activating group) is 2. The van der Waals surface area contributed by atoms with E-state index in [4.69, 9.17) is 9.47 Å². The maximum absolute atomic E-state index is 11.7. The number of carbonyl (C=O) groups excluding carboxylic acids is 4. The standard InChI is InChI=1S/C18H34N4O6/c1-5-20-16(24)10-28-12-18(26)22-8-14(3)6-13(2)7-21-17(25)11-27-9-15(23)19-4/h13-14H,5-12H2,1-4H3,(H,19,23)(H,20,24)(H,21,25)(H,22,26). The van der Waals surface area contributed by atoms with Crippen molar-refractivity contribution in [1.29, 1.82) is 0 Å². The van der Waals surface area contributed by atoms with Gasteiger partial charge in [-0.1, -0.05) is 13.8 Å². The fourth-order valence-corrected chi connectivity index (χ4v) is 2.32. The Morgan fingerprint density at radius 3 is 1.50 bits per heavy atom. The third-order valence-electron chi connectivity index (χ3n) is 3.69. The molecule has 28 heavy (non-hydrogen) atoms. The van der Waals surface area contributed by atoms with Crippen LogP contribution in [0.15, 0.2) is 0 Å². The highest BCUT2D eigenvalue weighted by atomic mass is 16.5. The van der Waals surface area contributed by atoms with Gasteiger partial charge in [0, 0.05) is 26.7 Å². The van der Waals surface area contributed by atoms with E-state index in [0.29, 0.717) is 19.6 Å². The number of hydrogen-bond donors (Lipinski definition) is 4. The van der Waals surface area contributed by atoms with Gasteiger partial charge in [-0.3, -0.25) is 19.2 Å². The molecular weight excluding hydrogens is 368 g/mol. The molecule has 0 aromatic heterocycles. The summed E-state index contributed by atoms with van der Waals surface area (Å²) in [5, 5.41) is 10.5. The van der Waals surface area contributed by atoms with Crippen LogP contribution in [0.4, 0.5) is 0 Å². The lowest BCUT2D eigenvalue weighted by Crippen LogP contribution is -2.35. The van der Waals surface area contributed by atoms with Crippen molar-refractivity contribution in [1.82, 2.24) is 21.3 Å². The number of rotatable bonds is 15. The quantitative estimate of drug-likeness (QED) is 0.272. The van der Waals surface area contributed by atoms with Gasteiger partial charge in [0.2, 0.25) is 23.6 Å². The van der Waals surface area contributed by atoms with E-state index in [1.54, 1.807) is 6.92 Å². The molecule has 0 radical (unpaired) electrons. The van der Waals surface area contributed by atoms with Crippen LogP contribution in [-0.2, 0) is 28.7 Å². The van der Waals surface area contributed by atoms with Gasteiger partial charge in [0.05, 0.1) is 0 Å². The Bertz CT molecular complexity index is 500. The maximum Gasteiger partial charge on any atom is 0.246 e. The Balaban J connectivity index is 3.80. The van der Waals surface area contributed by atoms with Crippen molar-refractivity contribution in [2.75, 3.05) is 53.1 Å². The summed E-state index contributed by atoms with van der Waals surface area (Å²) in [4.78, 5) is 45.5. The molecule has 0 bridgehead atoms. The molecule has 0 heterocycles. The van der Waals surface area contributed by atoms with Crippen LogP contribution in [0.25, 0.3) is 0 Å². The monoisotopic (exact) mass is 402 g/mol. The van der Waals surface area contributed by atoms with Crippen LogP contribution in [0.3, 0.4) is 0 Å². The fraction of sp³-hybridized carbons (Fsp3) is 0.778. The molecule has 0 saturated heterocycles. The Hall–Kier alpha value is -2.20. The predicted octanol–water partition coefficient (Wildman–Crippen LogP) is -1.20. The lowest BCUT2D eigenvalue weighted by molar-refractivity contribution is -0.132. The van der Waals surface area contributed by atoms with Crippen molar-refractivity contribution < 1.29 is 28.7 Å². The molecule has 2 atom stereocenters. The maximum atomic E-state index is 11.7. The molecule has 2 unspecified atom stereocenters. The van der Waals surface area contributed by atoms with Crippen molar-refractivity contribution in [2.24, 2.45) is 11.8 Å². The predicted molar refractivity (Wildman–Crippen MR) is 103 cm³/mol. The van der Waals surface area contributed by atoms with Crippen molar-refractivity contribution in [3.05, 3.63) is 0 Å². The van der Waals surface area contributed by atoms with E-state index in [2.05, 4.69) is 21.3 Å². The minimum absolute atomic E-state index is 0.139. The molecule has 4 amide bonds. The molecule has 4 N–H and O–H groups in total. The first kappa shape index (κ1) is 25.8. The Morgan fingerprint density at radius 1 is 0.714 bits per heavy atom. The van der Waals surface area contributed by atoms with Crippen molar-refractivity contribution in [3.63, 3.8) is 0 Å². The second kappa shape index (κ2) is 15.8. The smallest absolute Gasteiger partial charge is 0.246 e. The summed E-state index contributed by atoms with van der Waals surface area (Å²) < 4.78 is 10.0. The molecular formula is C18H34N4O6. The van der Waals surface area contributed by atoms with Gasteiger partial charge in [-0.15, -0.1) is 0 Å². The number of amides is 4. The van der Waals surface area contributed by atoms with Crippen molar-refractivity contribution >= 4 is 23.6 Å². The highest BCUT2D eigenvalue weighted by molar-refractivity contribution is 5.80. The van der Waals surface area contributed by atoms with Gasteiger partial charge < -0.3 is 30.7 Å². The van der Waals surface area contributed by atoms with Crippen LogP contribution in [0, 0.1) is 11.8 Å². The normalized spacial score (nSPS) is 12.6. The number of hydrogen-bond acceptors (Lipinski definition) is 6. The third kappa shape index (κ3) is 14.9. The van der Waals surface area contributed by atoms with Gasteiger partial charge in [0.15, 0.2) is 0 Å². The molecule has 0 aliphatic rings. The molecule has 0 aliphatic carbocycles. The van der Waals surface area contributed by atoms with Gasteiger partial charge in [-0.25, -0.2) is 0 Å². The van der Waals surface area contributed by atoms with Crippen molar-refractivity contribution in [2.45, 2.75) is 27.2 Å². The summed E-state index contributed by atoms with van der Waals surface area (Å²) in [7, 11) is 1.50. The van der Waals surface area contributed by atoms with E-state index in [1.165, 1.54) is 7.05 Å². The van der Waals surface area contributed by atoms with Gasteiger partial charge in [0.1, 0.15) is 26.4 Å². The van der Waals surface area contributed by atoms with Crippen LogP contribution in [-0.4, -0.2) is 76.7 Å². The molecule has 10 heteroatoms. The highest BCUT2D eigenvalue weighted by Gasteiger charge is 2.12. The Labute approximate surface area is 166 Å². The van der Waals surface area contributed by atoms with E-state index in [1.807, 2.05) is 13.8 Å². The van der Waals surface area contributed by atoms with E-state index in [0.717, 1.165) is 6.42 Å². The van der Waals surface area contributed by atoms with E-state index >= 15 is 0 Å². The lowest BCUT2D eigenvalue weighted by Gasteiger charge is -2.18. The van der Waals surface area contributed by atoms with Gasteiger partial charge in [-0.2, -0.15) is 0 Å². The average molecular weight is 402 g/mol. The van der Waals surface area contributed by atoms with E-state index in [9.17, 15) is 19.2 Å². The molecule has 162 valence electrons. The molecule has 0 rings (SSSR count). The van der Waals surface area contributed by atoms with Crippen molar-refractivity contribution in [3.8, 4) is 0 Å². The fourth-order valence-electron chi connectivity index (χ4n) is 2.32. The third-order valence-corrected chi connectivity index (χ3v) is 3.69. The highest BCUT2D eigenvalue weighted by Crippen LogP contribution is 2.10. The average Bonchev–Trinajstić information content (AvgIpc) is 2.64. The van der Waals surface area contributed by atoms with Gasteiger partial charge >= 0.3 is 0 Å². The summed E-state index contributed by atoms with van der Waals surface area (Å²) >= 11 is 0. The molecule has 0 aromatic rings. The molecule has 10 nitrogen and oxygen atoms in total. The summed E-state index contributed by atoms with van der Waals surface area (Å²) in [5.41, 5.74) is 0. The first-order valence-corrected chi connectivity index (χ1v) is 9.44. The van der Waals surface area contributed by atoms with Crippen LogP contribution >= 0.6 is 0 Å². The zero-order valence-electron chi connectivity index (χ0n) is 17.3. The van der Waals surface area contributed by atoms with E-state index in [-0.39, 0.29) is 61.9 Å². The van der Waals surface area contributed by atoms with Gasteiger partial charge in [-0.05, 0) is 25.2 Å². The zero-order chi connectivity index (χ0) is 21.4. The second-order valence-corrected chi connectivity index (χ2v) is 6.67. The molecule has 0 aromatic carbocycles. The molecule has 0 aliphatic heterocycles. The minimum atomic E-state index is -0.285. The molecule has 0 saturated carbocycles. The largest absolute Gasteiger partial charge is 0.362 e. The number of carbonyl (C=O) groups is 4. The van der Waals surface area contributed by atoms with Crippen LogP contribution in [0.1, 0.15) is 27.2 Å². The minimum Gasteiger partial charge on any atom is -0.362 e. The van der Waals surface area contributed by atoms with Crippen LogP contribution in [0.2, 0.25) is 0 Å². The Kier molecular flexibility index (Phi) is 14.6. The molecule has 0 spiro atoms. The number of ether oxygens (including phenoxy) is 2. The SMILES string of the molecule is CCNC(=O)COCC(=O)NCC(C)CC(C)CNC(=O)COCC(=O)NC. The summed E-state index contributed by atoms with van der Waals surface area (Å²) in [6.45, 7) is 6.68. The topological polar surface area (TPSA) is 135 Å². The first-order chi connectivity index (χ1) is 13.3. The van der Waals surface area contributed by atoms with E-state index < -0.39 is 0 Å². The summed E-state index contributed by atoms with van der Waals surface area (Å²) in [6.07, 6.45) is 0.805. The van der Waals surface area contributed by atoms with Gasteiger partial charge in [0.25, 0.3) is 0 Å². The van der Waals surface area contributed by atoms with Crippen LogP contribution < -0.4 is 21.3 Å². The first-order valence-electron chi connectivity index (χ1n) is 9.44. The second-order valence-electron chi connectivity index (χ2n) is 6.67.